The molecule has 3 rings (SSSR count). The molecule has 0 aromatic heterocycles. The van der Waals surface area contributed by atoms with Crippen molar-refractivity contribution in [3.8, 4) is 5.75 Å². The van der Waals surface area contributed by atoms with Crippen LogP contribution in [0.25, 0.3) is 0 Å². The van der Waals surface area contributed by atoms with E-state index < -0.39 is 36.7 Å². The zero-order chi connectivity index (χ0) is 20.8. The van der Waals surface area contributed by atoms with Gasteiger partial charge in [-0.15, -0.1) is 0 Å². The van der Waals surface area contributed by atoms with E-state index in [-0.39, 0.29) is 6.42 Å². The van der Waals surface area contributed by atoms with Gasteiger partial charge in [0.15, 0.2) is 6.23 Å². The van der Waals surface area contributed by atoms with Gasteiger partial charge in [0.25, 0.3) is 0 Å². The Morgan fingerprint density at radius 3 is 2.59 bits per heavy atom. The van der Waals surface area contributed by atoms with Gasteiger partial charge in [0.05, 0.1) is 12.1 Å². The molecule has 0 spiro atoms. The molecule has 1 saturated carbocycles. The number of ether oxygens (including phenoxy) is 1. The van der Waals surface area contributed by atoms with Crippen LogP contribution in [0.3, 0.4) is 0 Å². The Balaban J connectivity index is 1.70. The van der Waals surface area contributed by atoms with Crippen LogP contribution in [0, 0.1) is 5.92 Å². The van der Waals surface area contributed by atoms with Crippen LogP contribution in [0.5, 0.6) is 5.75 Å². The van der Waals surface area contributed by atoms with Crippen LogP contribution < -0.4 is 15.0 Å². The third kappa shape index (κ3) is 5.69. The summed E-state index contributed by atoms with van der Waals surface area (Å²) in [6.07, 6.45) is 6.25. The van der Waals surface area contributed by atoms with Crippen LogP contribution in [0.2, 0.25) is 0 Å². The number of rotatable bonds is 8. The number of carboxylic acid groups (broad SMARTS) is 2. The molecule has 1 amide bonds. The fourth-order valence-electron chi connectivity index (χ4n) is 4.16. The third-order valence-corrected chi connectivity index (χ3v) is 5.65. The number of benzene rings is 1. The molecule has 0 unspecified atom stereocenters. The molecule has 3 N–H and O–H groups in total. The van der Waals surface area contributed by atoms with Crippen LogP contribution in [-0.4, -0.2) is 46.9 Å². The van der Waals surface area contributed by atoms with E-state index in [1.807, 2.05) is 0 Å². The smallest absolute Gasteiger partial charge is 0.323 e. The lowest BCUT2D eigenvalue weighted by Gasteiger charge is -2.25. The Morgan fingerprint density at radius 1 is 1.17 bits per heavy atom. The fourth-order valence-corrected chi connectivity index (χ4v) is 4.16. The van der Waals surface area contributed by atoms with Crippen molar-refractivity contribution in [2.45, 2.75) is 63.6 Å². The van der Waals surface area contributed by atoms with Crippen LogP contribution in [-0.2, 0) is 14.4 Å². The minimum atomic E-state index is -1.13. The molecule has 2 atom stereocenters. The summed E-state index contributed by atoms with van der Waals surface area (Å²) < 4.78 is 5.88. The van der Waals surface area contributed by atoms with E-state index in [1.54, 1.807) is 24.3 Å². The van der Waals surface area contributed by atoms with Crippen molar-refractivity contribution >= 4 is 23.5 Å². The molecular formula is C21H28N2O6. The number of carboxylic acids is 2. The molecule has 1 aliphatic heterocycles. The second-order valence-corrected chi connectivity index (χ2v) is 7.79. The van der Waals surface area contributed by atoms with Gasteiger partial charge in [0.1, 0.15) is 18.3 Å². The van der Waals surface area contributed by atoms with Gasteiger partial charge in [-0.2, -0.15) is 0 Å². The number of anilines is 1. The molecule has 0 bridgehead atoms. The number of hydrogen-bond acceptors (Lipinski definition) is 5. The van der Waals surface area contributed by atoms with Crippen LogP contribution in [0.4, 0.5) is 5.69 Å². The molecule has 2 aliphatic rings. The SMILES string of the molecule is O=C(O)CN1C(=O)C[C@@H](N[C@@H](CCC2CCCCC2)C(=O)O)Oc2ccccc21. The van der Waals surface area contributed by atoms with Crippen molar-refractivity contribution in [1.29, 1.82) is 0 Å². The Hall–Kier alpha value is -2.61. The minimum absolute atomic E-state index is 0.144. The first-order chi connectivity index (χ1) is 13.9. The van der Waals surface area contributed by atoms with Crippen molar-refractivity contribution in [3.63, 3.8) is 0 Å². The lowest BCUT2D eigenvalue weighted by atomic mass is 9.85. The van der Waals surface area contributed by atoms with E-state index >= 15 is 0 Å². The summed E-state index contributed by atoms with van der Waals surface area (Å²) >= 11 is 0. The molecule has 158 valence electrons. The summed E-state index contributed by atoms with van der Waals surface area (Å²) in [6.45, 7) is -0.476. The molecule has 1 fully saturated rings. The van der Waals surface area contributed by atoms with Crippen molar-refractivity contribution in [1.82, 2.24) is 5.32 Å². The molecule has 1 aromatic rings. The Kier molecular flexibility index (Phi) is 7.09. The highest BCUT2D eigenvalue weighted by Crippen LogP contribution is 2.33. The number of amides is 1. The molecule has 0 radical (unpaired) electrons. The molecule has 1 heterocycles. The fraction of sp³-hybridized carbons (Fsp3) is 0.571. The van der Waals surface area contributed by atoms with Gasteiger partial charge in [-0.1, -0.05) is 44.2 Å². The largest absolute Gasteiger partial charge is 0.480 e. The van der Waals surface area contributed by atoms with Crippen molar-refractivity contribution in [3.05, 3.63) is 24.3 Å². The number of hydrogen-bond donors (Lipinski definition) is 3. The number of aliphatic carboxylic acids is 2. The van der Waals surface area contributed by atoms with Gasteiger partial charge in [-0.3, -0.25) is 24.6 Å². The summed E-state index contributed by atoms with van der Waals surface area (Å²) in [4.78, 5) is 36.8. The highest BCUT2D eigenvalue weighted by atomic mass is 16.5. The molecule has 0 saturated heterocycles. The first-order valence-corrected chi connectivity index (χ1v) is 10.2. The monoisotopic (exact) mass is 404 g/mol. The second kappa shape index (κ2) is 9.73. The number of carbonyl (C=O) groups excluding carboxylic acids is 1. The van der Waals surface area contributed by atoms with Gasteiger partial charge in [0.2, 0.25) is 5.91 Å². The van der Waals surface area contributed by atoms with Crippen molar-refractivity contribution < 1.29 is 29.3 Å². The summed E-state index contributed by atoms with van der Waals surface area (Å²) in [5.41, 5.74) is 0.373. The van der Waals surface area contributed by atoms with E-state index in [4.69, 9.17) is 9.84 Å². The summed E-state index contributed by atoms with van der Waals surface area (Å²) in [7, 11) is 0. The van der Waals surface area contributed by atoms with Crippen LogP contribution in [0.15, 0.2) is 24.3 Å². The van der Waals surface area contributed by atoms with Gasteiger partial charge in [-0.05, 0) is 30.9 Å². The number of fused-ring (bicyclic) bond motifs is 1. The molecule has 8 nitrogen and oxygen atoms in total. The minimum Gasteiger partial charge on any atom is -0.480 e. The quantitative estimate of drug-likeness (QED) is 0.610. The number of nitrogens with one attached hydrogen (secondary N) is 1. The topological polar surface area (TPSA) is 116 Å². The lowest BCUT2D eigenvalue weighted by molar-refractivity contribution is -0.141. The number of nitrogens with zero attached hydrogens (tertiary/aromatic N) is 1. The Morgan fingerprint density at radius 2 is 1.90 bits per heavy atom. The molecular weight excluding hydrogens is 376 g/mol. The molecule has 8 heteroatoms. The van der Waals surface area contributed by atoms with Crippen LogP contribution >= 0.6 is 0 Å². The summed E-state index contributed by atoms with van der Waals surface area (Å²) in [5.74, 6) is -1.62. The maximum absolute atomic E-state index is 12.7. The van der Waals surface area contributed by atoms with E-state index in [0.29, 0.717) is 23.8 Å². The zero-order valence-electron chi connectivity index (χ0n) is 16.4. The first kappa shape index (κ1) is 21.1. The summed E-state index contributed by atoms with van der Waals surface area (Å²) in [5, 5.41) is 21.8. The molecule has 1 aliphatic carbocycles. The Bertz CT molecular complexity index is 746. The van der Waals surface area contributed by atoms with E-state index in [2.05, 4.69) is 5.32 Å². The highest BCUT2D eigenvalue weighted by Gasteiger charge is 2.32. The molecule has 29 heavy (non-hydrogen) atoms. The zero-order valence-corrected chi connectivity index (χ0v) is 16.4. The van der Waals surface area contributed by atoms with Crippen molar-refractivity contribution in [2.75, 3.05) is 11.4 Å². The predicted molar refractivity (Wildman–Crippen MR) is 106 cm³/mol. The Labute approximate surface area is 169 Å². The first-order valence-electron chi connectivity index (χ1n) is 10.2. The van der Waals surface area contributed by atoms with Gasteiger partial charge < -0.3 is 14.9 Å². The van der Waals surface area contributed by atoms with Crippen LogP contribution in [0.1, 0.15) is 51.4 Å². The van der Waals surface area contributed by atoms with Gasteiger partial charge in [0, 0.05) is 0 Å². The number of carbonyl (C=O) groups is 3. The predicted octanol–water partition coefficient (Wildman–Crippen LogP) is 2.62. The average molecular weight is 404 g/mol. The van der Waals surface area contributed by atoms with E-state index in [1.165, 1.54) is 19.3 Å². The van der Waals surface area contributed by atoms with Crippen molar-refractivity contribution in [2.24, 2.45) is 5.92 Å². The third-order valence-electron chi connectivity index (χ3n) is 5.65. The summed E-state index contributed by atoms with van der Waals surface area (Å²) in [6, 6.07) is 5.86. The average Bonchev–Trinajstić information content (AvgIpc) is 2.82. The highest BCUT2D eigenvalue weighted by molar-refractivity contribution is 5.99. The maximum atomic E-state index is 12.7. The second-order valence-electron chi connectivity index (χ2n) is 7.79. The molecule has 1 aromatic carbocycles. The lowest BCUT2D eigenvalue weighted by Crippen LogP contribution is -2.48. The normalized spacial score (nSPS) is 21.0. The standard InChI is InChI=1S/C21H28N2O6/c24-19-12-18(22-15(21(27)28)11-10-14-6-2-1-3-7-14)29-17-9-5-4-8-16(17)23(19)13-20(25)26/h4-5,8-9,14-15,18,22H,1-3,6-7,10-13H2,(H,25,26)(H,27,28)/t15-,18-/m0/s1. The van der Waals surface area contributed by atoms with Gasteiger partial charge >= 0.3 is 11.9 Å². The maximum Gasteiger partial charge on any atom is 0.323 e. The number of para-hydroxylation sites is 2. The van der Waals surface area contributed by atoms with Gasteiger partial charge in [-0.25, -0.2) is 0 Å². The van der Waals surface area contributed by atoms with E-state index in [0.717, 1.165) is 24.2 Å². The van der Waals surface area contributed by atoms with E-state index in [9.17, 15) is 19.5 Å².